The van der Waals surface area contributed by atoms with E-state index in [0.717, 1.165) is 5.56 Å². The van der Waals surface area contributed by atoms with Gasteiger partial charge in [0.25, 0.3) is 10.0 Å². The third kappa shape index (κ3) is 3.30. The number of sulfonamides is 1. The number of nitrogens with zero attached hydrogens (tertiary/aromatic N) is 1. The van der Waals surface area contributed by atoms with Crippen LogP contribution in [0.2, 0.25) is 0 Å². The molecule has 0 unspecified atom stereocenters. The number of rotatable bonds is 5. The zero-order valence-corrected chi connectivity index (χ0v) is 13.5. The third-order valence-corrected chi connectivity index (χ3v) is 4.50. The predicted molar refractivity (Wildman–Crippen MR) is 83.4 cm³/mol. The van der Waals surface area contributed by atoms with Crippen LogP contribution < -0.4 is 4.72 Å². The van der Waals surface area contributed by atoms with E-state index in [1.165, 1.54) is 16.8 Å². The van der Waals surface area contributed by atoms with E-state index in [4.69, 9.17) is 4.74 Å². The fourth-order valence-corrected chi connectivity index (χ4v) is 3.18. The summed E-state index contributed by atoms with van der Waals surface area (Å²) in [5.41, 5.74) is 1.50. The number of ether oxygens (including phenoxy) is 1. The van der Waals surface area contributed by atoms with Crippen LogP contribution in [-0.2, 0) is 21.8 Å². The van der Waals surface area contributed by atoms with Crippen molar-refractivity contribution in [2.45, 2.75) is 18.7 Å². The second kappa shape index (κ2) is 6.23. The molecule has 7 heteroatoms. The Hall–Kier alpha value is -2.28. The second-order valence-corrected chi connectivity index (χ2v) is 6.50. The molecule has 0 radical (unpaired) electrons. The third-order valence-electron chi connectivity index (χ3n) is 3.16. The lowest BCUT2D eigenvalue weighted by molar-refractivity contribution is 0.0515. The lowest BCUT2D eigenvalue weighted by atomic mass is 10.2. The molecule has 0 spiro atoms. The maximum atomic E-state index is 12.4. The van der Waals surface area contributed by atoms with Gasteiger partial charge < -0.3 is 9.30 Å². The predicted octanol–water partition coefficient (Wildman–Crippen LogP) is 2.31. The van der Waals surface area contributed by atoms with E-state index < -0.39 is 16.0 Å². The number of carbonyl (C=O) groups is 1. The molecule has 1 N–H and O–H groups in total. The quantitative estimate of drug-likeness (QED) is 0.857. The maximum Gasteiger partial charge on any atom is 0.354 e. The van der Waals surface area contributed by atoms with Crippen LogP contribution in [0, 0.1) is 6.92 Å². The summed E-state index contributed by atoms with van der Waals surface area (Å²) in [5, 5.41) is 0. The summed E-state index contributed by atoms with van der Waals surface area (Å²) in [6.45, 7) is 3.73. The van der Waals surface area contributed by atoms with Crippen molar-refractivity contribution in [2.24, 2.45) is 7.05 Å². The molecule has 0 aliphatic carbocycles. The zero-order valence-electron chi connectivity index (χ0n) is 12.7. The summed E-state index contributed by atoms with van der Waals surface area (Å²) in [7, 11) is -2.17. The Kier molecular flexibility index (Phi) is 4.56. The number of benzene rings is 1. The van der Waals surface area contributed by atoms with Gasteiger partial charge in [-0.15, -0.1) is 0 Å². The Morgan fingerprint density at radius 3 is 2.64 bits per heavy atom. The van der Waals surface area contributed by atoms with Gasteiger partial charge in [-0.3, -0.25) is 4.72 Å². The first kappa shape index (κ1) is 16.1. The van der Waals surface area contributed by atoms with Gasteiger partial charge in [-0.05, 0) is 31.5 Å². The van der Waals surface area contributed by atoms with Crippen LogP contribution in [0.3, 0.4) is 0 Å². The minimum absolute atomic E-state index is 0.0151. The SMILES string of the molecule is CCOC(=O)c1cc(S(=O)(=O)Nc2ccccc2C)cn1C. The number of hydrogen-bond donors (Lipinski definition) is 1. The minimum atomic E-state index is -3.76. The molecule has 0 aliphatic rings. The average Bonchev–Trinajstić information content (AvgIpc) is 2.84. The summed E-state index contributed by atoms with van der Waals surface area (Å²) in [6, 6.07) is 8.38. The molecule has 0 amide bonds. The number of anilines is 1. The number of aromatic nitrogens is 1. The molecule has 0 atom stereocenters. The molecule has 0 saturated heterocycles. The van der Waals surface area contributed by atoms with Gasteiger partial charge in [0.2, 0.25) is 0 Å². The molecule has 1 aromatic carbocycles. The molecular formula is C15H18N2O4S. The highest BCUT2D eigenvalue weighted by molar-refractivity contribution is 7.92. The molecule has 0 aliphatic heterocycles. The number of aryl methyl sites for hydroxylation is 2. The molecule has 2 rings (SSSR count). The number of para-hydroxylation sites is 1. The molecule has 0 saturated carbocycles. The summed E-state index contributed by atoms with van der Waals surface area (Å²) in [5.74, 6) is -0.553. The highest BCUT2D eigenvalue weighted by atomic mass is 32.2. The van der Waals surface area contributed by atoms with Crippen LogP contribution in [0.15, 0.2) is 41.4 Å². The number of esters is 1. The largest absolute Gasteiger partial charge is 0.461 e. The van der Waals surface area contributed by atoms with Gasteiger partial charge >= 0.3 is 5.97 Å². The summed E-state index contributed by atoms with van der Waals surface area (Å²) in [4.78, 5) is 11.8. The first-order chi connectivity index (χ1) is 10.3. The molecule has 1 heterocycles. The van der Waals surface area contributed by atoms with Crippen molar-refractivity contribution in [2.75, 3.05) is 11.3 Å². The molecule has 0 bridgehead atoms. The fourth-order valence-electron chi connectivity index (χ4n) is 1.98. The van der Waals surface area contributed by atoms with Crippen molar-refractivity contribution in [3.8, 4) is 0 Å². The lowest BCUT2D eigenvalue weighted by Gasteiger charge is -2.08. The van der Waals surface area contributed by atoms with Crippen LogP contribution >= 0.6 is 0 Å². The lowest BCUT2D eigenvalue weighted by Crippen LogP contribution is -2.13. The first-order valence-corrected chi connectivity index (χ1v) is 8.25. The smallest absolute Gasteiger partial charge is 0.354 e. The van der Waals surface area contributed by atoms with Crippen molar-refractivity contribution in [1.29, 1.82) is 0 Å². The van der Waals surface area contributed by atoms with Gasteiger partial charge in [0.05, 0.1) is 12.3 Å². The van der Waals surface area contributed by atoms with Gasteiger partial charge in [0, 0.05) is 13.2 Å². The molecule has 118 valence electrons. The molecule has 6 nitrogen and oxygen atoms in total. The van der Waals surface area contributed by atoms with Gasteiger partial charge in [0.1, 0.15) is 10.6 Å². The minimum Gasteiger partial charge on any atom is -0.461 e. The van der Waals surface area contributed by atoms with Crippen LogP contribution in [0.1, 0.15) is 23.0 Å². The second-order valence-electron chi connectivity index (χ2n) is 4.81. The normalized spacial score (nSPS) is 11.2. The monoisotopic (exact) mass is 322 g/mol. The van der Waals surface area contributed by atoms with Crippen LogP contribution in [0.25, 0.3) is 0 Å². The van der Waals surface area contributed by atoms with Crippen molar-refractivity contribution < 1.29 is 17.9 Å². The van der Waals surface area contributed by atoms with E-state index in [-0.39, 0.29) is 17.2 Å². The molecule has 1 aromatic heterocycles. The van der Waals surface area contributed by atoms with Crippen molar-refractivity contribution in [3.05, 3.63) is 47.8 Å². The van der Waals surface area contributed by atoms with Crippen molar-refractivity contribution >= 4 is 21.7 Å². The van der Waals surface area contributed by atoms with Crippen molar-refractivity contribution in [1.82, 2.24) is 4.57 Å². The molecule has 0 fully saturated rings. The first-order valence-electron chi connectivity index (χ1n) is 6.77. The van der Waals surface area contributed by atoms with Crippen LogP contribution in [0.5, 0.6) is 0 Å². The standard InChI is InChI=1S/C15H18N2O4S/c1-4-21-15(18)14-9-12(10-17(14)3)22(19,20)16-13-8-6-5-7-11(13)2/h5-10,16H,4H2,1-3H3. The van der Waals surface area contributed by atoms with E-state index in [1.54, 1.807) is 26.1 Å². The summed E-state index contributed by atoms with van der Waals surface area (Å²) in [6.07, 6.45) is 1.38. The summed E-state index contributed by atoms with van der Waals surface area (Å²) >= 11 is 0. The average molecular weight is 322 g/mol. The Morgan fingerprint density at radius 1 is 1.32 bits per heavy atom. The van der Waals surface area contributed by atoms with Crippen LogP contribution in [0.4, 0.5) is 5.69 Å². The number of carbonyl (C=O) groups excluding carboxylic acids is 1. The zero-order chi connectivity index (χ0) is 16.3. The Morgan fingerprint density at radius 2 is 2.00 bits per heavy atom. The van der Waals surface area contributed by atoms with Crippen LogP contribution in [-0.4, -0.2) is 25.6 Å². The van der Waals surface area contributed by atoms with E-state index in [2.05, 4.69) is 4.72 Å². The van der Waals surface area contributed by atoms with E-state index in [0.29, 0.717) is 5.69 Å². The van der Waals surface area contributed by atoms with Gasteiger partial charge in [-0.1, -0.05) is 18.2 Å². The Labute approximate surface area is 129 Å². The van der Waals surface area contributed by atoms with E-state index >= 15 is 0 Å². The number of nitrogens with one attached hydrogen (secondary N) is 1. The molecular weight excluding hydrogens is 304 g/mol. The maximum absolute atomic E-state index is 12.4. The van der Waals surface area contributed by atoms with E-state index in [1.807, 2.05) is 19.1 Å². The summed E-state index contributed by atoms with van der Waals surface area (Å²) < 4.78 is 33.7. The fraction of sp³-hybridized carbons (Fsp3) is 0.267. The molecule has 2 aromatic rings. The van der Waals surface area contributed by atoms with Gasteiger partial charge in [-0.2, -0.15) is 0 Å². The Bertz CT molecular complexity index is 794. The Balaban J connectivity index is 2.33. The topological polar surface area (TPSA) is 77.4 Å². The highest BCUT2D eigenvalue weighted by Crippen LogP contribution is 2.21. The van der Waals surface area contributed by atoms with E-state index in [9.17, 15) is 13.2 Å². The van der Waals surface area contributed by atoms with Gasteiger partial charge in [-0.25, -0.2) is 13.2 Å². The highest BCUT2D eigenvalue weighted by Gasteiger charge is 2.21. The van der Waals surface area contributed by atoms with Gasteiger partial charge in [0.15, 0.2) is 0 Å². The number of hydrogen-bond acceptors (Lipinski definition) is 4. The van der Waals surface area contributed by atoms with Crippen molar-refractivity contribution in [3.63, 3.8) is 0 Å². The molecule has 22 heavy (non-hydrogen) atoms.